The Kier molecular flexibility index (Phi) is 4.53. The molecule has 0 spiro atoms. The number of para-hydroxylation sites is 1. The Morgan fingerprint density at radius 1 is 1.12 bits per heavy atom. The van der Waals surface area contributed by atoms with Crippen LogP contribution >= 0.6 is 11.3 Å². The van der Waals surface area contributed by atoms with Gasteiger partial charge in [0.2, 0.25) is 11.7 Å². The van der Waals surface area contributed by atoms with Crippen LogP contribution in [0.2, 0.25) is 0 Å². The van der Waals surface area contributed by atoms with Crippen molar-refractivity contribution in [2.75, 3.05) is 5.32 Å². The molecule has 0 bridgehead atoms. The minimum atomic E-state index is -0.137. The van der Waals surface area contributed by atoms with E-state index in [1.807, 2.05) is 47.2 Å². The average molecular weight is 362 g/mol. The average Bonchev–Trinajstić information content (AvgIpc) is 3.36. The number of nitrogens with one attached hydrogen (secondary N) is 1. The summed E-state index contributed by atoms with van der Waals surface area (Å²) in [6.45, 7) is 0. The number of hydrogen-bond acceptors (Lipinski definition) is 6. The number of amides is 1. The van der Waals surface area contributed by atoms with Gasteiger partial charge in [-0.2, -0.15) is 16.3 Å². The van der Waals surface area contributed by atoms with E-state index >= 15 is 0 Å². The van der Waals surface area contributed by atoms with E-state index in [2.05, 4.69) is 20.4 Å². The number of anilines is 1. The van der Waals surface area contributed by atoms with E-state index in [1.165, 1.54) is 11.3 Å². The maximum absolute atomic E-state index is 12.3. The van der Waals surface area contributed by atoms with Crippen molar-refractivity contribution in [1.29, 1.82) is 0 Å². The third-order valence-corrected chi connectivity index (χ3v) is 4.48. The molecule has 1 amide bonds. The van der Waals surface area contributed by atoms with Gasteiger partial charge in [-0.05, 0) is 35.2 Å². The normalized spacial score (nSPS) is 10.6. The number of nitrogens with zero attached hydrogens (tertiary/aromatic N) is 3. The fourth-order valence-corrected chi connectivity index (χ4v) is 3.13. The first-order valence-corrected chi connectivity index (χ1v) is 8.88. The second-order valence-electron chi connectivity index (χ2n) is 5.55. The van der Waals surface area contributed by atoms with Gasteiger partial charge in [0.25, 0.3) is 5.91 Å². The molecule has 4 aromatic rings. The predicted molar refractivity (Wildman–Crippen MR) is 99.0 cm³/mol. The highest BCUT2D eigenvalue weighted by molar-refractivity contribution is 7.08. The third kappa shape index (κ3) is 3.52. The lowest BCUT2D eigenvalue weighted by Gasteiger charge is -2.09. The molecule has 0 atom stereocenters. The number of rotatable bonds is 5. The minimum Gasteiger partial charge on any atom is -0.339 e. The molecule has 0 saturated carbocycles. The Hall–Kier alpha value is -3.32. The quantitative estimate of drug-likeness (QED) is 0.579. The number of pyridine rings is 1. The van der Waals surface area contributed by atoms with E-state index in [4.69, 9.17) is 4.52 Å². The van der Waals surface area contributed by atoms with Crippen LogP contribution in [0, 0.1) is 0 Å². The second-order valence-corrected chi connectivity index (χ2v) is 6.33. The topological polar surface area (TPSA) is 80.9 Å². The number of aromatic nitrogens is 3. The first kappa shape index (κ1) is 16.2. The van der Waals surface area contributed by atoms with Crippen molar-refractivity contribution >= 4 is 22.9 Å². The molecule has 4 rings (SSSR count). The van der Waals surface area contributed by atoms with E-state index in [9.17, 15) is 4.79 Å². The van der Waals surface area contributed by atoms with E-state index in [0.717, 1.165) is 16.8 Å². The molecular weight excluding hydrogens is 348 g/mol. The molecule has 0 radical (unpaired) electrons. The highest BCUT2D eigenvalue weighted by Crippen LogP contribution is 2.21. The highest BCUT2D eigenvalue weighted by atomic mass is 32.1. The monoisotopic (exact) mass is 362 g/mol. The Morgan fingerprint density at radius 2 is 1.96 bits per heavy atom. The number of carbonyl (C=O) groups excluding carboxylic acids is 1. The molecule has 6 nitrogen and oxygen atoms in total. The van der Waals surface area contributed by atoms with Gasteiger partial charge in [0.15, 0.2) is 0 Å². The van der Waals surface area contributed by atoms with Gasteiger partial charge < -0.3 is 9.84 Å². The second kappa shape index (κ2) is 7.28. The lowest BCUT2D eigenvalue weighted by Crippen LogP contribution is -2.12. The summed E-state index contributed by atoms with van der Waals surface area (Å²) in [5.41, 5.74) is 3.12. The molecule has 0 aliphatic heterocycles. The summed E-state index contributed by atoms with van der Waals surface area (Å²) in [6, 6.07) is 13.0. The fraction of sp³-hybridized carbons (Fsp3) is 0.0526. The van der Waals surface area contributed by atoms with Crippen LogP contribution < -0.4 is 5.32 Å². The highest BCUT2D eigenvalue weighted by Gasteiger charge is 2.13. The third-order valence-electron chi connectivity index (χ3n) is 3.80. The smallest absolute Gasteiger partial charge is 0.256 e. The summed E-state index contributed by atoms with van der Waals surface area (Å²) in [7, 11) is 0. The number of hydrogen-bond donors (Lipinski definition) is 1. The SMILES string of the molecule is O=C(Nc1ccccc1Cc1nc(-c2ccncc2)no1)c1ccsc1. The molecule has 1 aromatic carbocycles. The zero-order valence-electron chi connectivity index (χ0n) is 13.6. The molecule has 0 aliphatic carbocycles. The molecular formula is C19H14N4O2S. The Morgan fingerprint density at radius 3 is 2.77 bits per heavy atom. The molecule has 0 saturated heterocycles. The summed E-state index contributed by atoms with van der Waals surface area (Å²) in [5.74, 6) is 0.859. The summed E-state index contributed by atoms with van der Waals surface area (Å²) in [6.07, 6.45) is 3.79. The number of carbonyl (C=O) groups is 1. The summed E-state index contributed by atoms with van der Waals surface area (Å²) < 4.78 is 5.36. The zero-order chi connectivity index (χ0) is 17.8. The molecule has 0 fully saturated rings. The van der Waals surface area contributed by atoms with Crippen LogP contribution in [0.5, 0.6) is 0 Å². The van der Waals surface area contributed by atoms with Crippen LogP contribution in [-0.2, 0) is 6.42 Å². The summed E-state index contributed by atoms with van der Waals surface area (Å²) in [5, 5.41) is 10.6. The van der Waals surface area contributed by atoms with Gasteiger partial charge >= 0.3 is 0 Å². The van der Waals surface area contributed by atoms with Crippen molar-refractivity contribution in [1.82, 2.24) is 15.1 Å². The van der Waals surface area contributed by atoms with Crippen LogP contribution in [0.3, 0.4) is 0 Å². The lowest BCUT2D eigenvalue weighted by atomic mass is 10.1. The number of benzene rings is 1. The summed E-state index contributed by atoms with van der Waals surface area (Å²) in [4.78, 5) is 20.7. The first-order valence-electron chi connectivity index (χ1n) is 7.94. The summed E-state index contributed by atoms with van der Waals surface area (Å²) >= 11 is 1.49. The van der Waals surface area contributed by atoms with Crippen LogP contribution in [-0.4, -0.2) is 21.0 Å². The van der Waals surface area contributed by atoms with Crippen LogP contribution in [0.4, 0.5) is 5.69 Å². The van der Waals surface area contributed by atoms with Crippen molar-refractivity contribution in [2.24, 2.45) is 0 Å². The minimum absolute atomic E-state index is 0.137. The van der Waals surface area contributed by atoms with Crippen molar-refractivity contribution in [2.45, 2.75) is 6.42 Å². The predicted octanol–water partition coefficient (Wildman–Crippen LogP) is 4.04. The molecule has 26 heavy (non-hydrogen) atoms. The van der Waals surface area contributed by atoms with Gasteiger partial charge in [0.1, 0.15) is 0 Å². The van der Waals surface area contributed by atoms with Crippen molar-refractivity contribution < 1.29 is 9.32 Å². The van der Waals surface area contributed by atoms with Gasteiger partial charge in [-0.3, -0.25) is 9.78 Å². The molecule has 0 aliphatic rings. The Bertz CT molecular complexity index is 1010. The van der Waals surface area contributed by atoms with E-state index in [1.54, 1.807) is 18.5 Å². The van der Waals surface area contributed by atoms with Gasteiger partial charge in [-0.1, -0.05) is 23.4 Å². The van der Waals surface area contributed by atoms with E-state index < -0.39 is 0 Å². The lowest BCUT2D eigenvalue weighted by molar-refractivity contribution is 0.102. The van der Waals surface area contributed by atoms with Crippen molar-refractivity contribution in [3.05, 3.63) is 82.6 Å². The van der Waals surface area contributed by atoms with E-state index in [-0.39, 0.29) is 5.91 Å². The standard InChI is InChI=1S/C19H14N4O2S/c24-19(15-7-10-26-12-15)21-16-4-2-1-3-14(16)11-17-22-18(23-25-17)13-5-8-20-9-6-13/h1-10,12H,11H2,(H,21,24). The fourth-order valence-electron chi connectivity index (χ4n) is 2.49. The van der Waals surface area contributed by atoms with Crippen LogP contribution in [0.25, 0.3) is 11.4 Å². The Balaban J connectivity index is 1.54. The van der Waals surface area contributed by atoms with Crippen LogP contribution in [0.15, 0.2) is 70.1 Å². The maximum atomic E-state index is 12.3. The maximum Gasteiger partial charge on any atom is 0.256 e. The molecule has 3 heterocycles. The molecule has 1 N–H and O–H groups in total. The first-order chi connectivity index (χ1) is 12.8. The van der Waals surface area contributed by atoms with Crippen molar-refractivity contribution in [3.8, 4) is 11.4 Å². The van der Waals surface area contributed by atoms with Crippen LogP contribution in [0.1, 0.15) is 21.8 Å². The molecule has 7 heteroatoms. The Labute approximate surface area is 153 Å². The zero-order valence-corrected chi connectivity index (χ0v) is 14.4. The van der Waals surface area contributed by atoms with Gasteiger partial charge in [-0.25, -0.2) is 0 Å². The largest absolute Gasteiger partial charge is 0.339 e. The van der Waals surface area contributed by atoms with Gasteiger partial charge in [0, 0.05) is 29.0 Å². The van der Waals surface area contributed by atoms with Crippen molar-refractivity contribution in [3.63, 3.8) is 0 Å². The molecule has 3 aromatic heterocycles. The molecule has 128 valence electrons. The number of thiophene rings is 1. The van der Waals surface area contributed by atoms with Gasteiger partial charge in [0.05, 0.1) is 12.0 Å². The van der Waals surface area contributed by atoms with E-state index in [0.29, 0.717) is 23.7 Å². The molecule has 0 unspecified atom stereocenters. The van der Waals surface area contributed by atoms with Gasteiger partial charge in [-0.15, -0.1) is 0 Å².